The highest BCUT2D eigenvalue weighted by atomic mass is 32.1. The van der Waals surface area contributed by atoms with Crippen LogP contribution in [0.15, 0.2) is 24.3 Å². The molecule has 0 saturated heterocycles. The SMILES string of the molecule is CN(C)c1nc2sc(C(=O)Nc3ccc(F)cc3F)cc2s1. The number of rotatable bonds is 3. The predicted molar refractivity (Wildman–Crippen MR) is 86.1 cm³/mol. The zero-order valence-corrected chi connectivity index (χ0v) is 13.3. The number of benzene rings is 1. The fraction of sp³-hybridized carbons (Fsp3) is 0.143. The Bertz CT molecular complexity index is 826. The highest BCUT2D eigenvalue weighted by Gasteiger charge is 2.16. The highest BCUT2D eigenvalue weighted by molar-refractivity contribution is 7.29. The first kappa shape index (κ1) is 14.9. The number of nitrogens with one attached hydrogen (secondary N) is 1. The molecule has 1 N–H and O–H groups in total. The molecule has 114 valence electrons. The van der Waals surface area contributed by atoms with Crippen molar-refractivity contribution in [3.8, 4) is 0 Å². The summed E-state index contributed by atoms with van der Waals surface area (Å²) in [5, 5.41) is 3.30. The summed E-state index contributed by atoms with van der Waals surface area (Å²) in [7, 11) is 3.79. The van der Waals surface area contributed by atoms with E-state index in [0.717, 1.165) is 26.8 Å². The molecule has 0 aliphatic heterocycles. The topological polar surface area (TPSA) is 45.2 Å². The van der Waals surface area contributed by atoms with Crippen LogP contribution in [0.3, 0.4) is 0 Å². The Morgan fingerprint density at radius 3 is 2.64 bits per heavy atom. The van der Waals surface area contributed by atoms with Crippen LogP contribution in [0.1, 0.15) is 9.67 Å². The second-order valence-electron chi connectivity index (χ2n) is 4.75. The number of carbonyl (C=O) groups excluding carboxylic acids is 1. The van der Waals surface area contributed by atoms with E-state index in [1.807, 2.05) is 19.0 Å². The van der Waals surface area contributed by atoms with Crippen LogP contribution in [-0.4, -0.2) is 25.0 Å². The highest BCUT2D eigenvalue weighted by Crippen LogP contribution is 2.34. The summed E-state index contributed by atoms with van der Waals surface area (Å²) in [6, 6.07) is 4.74. The number of hydrogen-bond donors (Lipinski definition) is 1. The fourth-order valence-corrected chi connectivity index (χ4v) is 3.83. The number of aromatic nitrogens is 1. The molecule has 0 atom stereocenters. The van der Waals surface area contributed by atoms with Gasteiger partial charge in [-0.05, 0) is 18.2 Å². The minimum absolute atomic E-state index is 0.0508. The minimum atomic E-state index is -0.806. The normalized spacial score (nSPS) is 10.9. The number of thiazole rings is 1. The zero-order valence-electron chi connectivity index (χ0n) is 11.7. The van der Waals surface area contributed by atoms with Crippen LogP contribution >= 0.6 is 22.7 Å². The molecule has 2 heterocycles. The van der Waals surface area contributed by atoms with E-state index in [-0.39, 0.29) is 5.69 Å². The minimum Gasteiger partial charge on any atom is -0.354 e. The van der Waals surface area contributed by atoms with Crippen molar-refractivity contribution in [1.29, 1.82) is 0 Å². The summed E-state index contributed by atoms with van der Waals surface area (Å²) in [6.45, 7) is 0. The molecular formula is C14H11F2N3OS2. The van der Waals surface area contributed by atoms with E-state index in [4.69, 9.17) is 0 Å². The lowest BCUT2D eigenvalue weighted by Gasteiger charge is -2.05. The van der Waals surface area contributed by atoms with E-state index in [0.29, 0.717) is 4.88 Å². The third-order valence-electron chi connectivity index (χ3n) is 2.86. The van der Waals surface area contributed by atoms with E-state index in [1.165, 1.54) is 28.7 Å². The van der Waals surface area contributed by atoms with Crippen LogP contribution in [0.4, 0.5) is 19.6 Å². The maximum absolute atomic E-state index is 13.5. The Kier molecular flexibility index (Phi) is 3.79. The Morgan fingerprint density at radius 1 is 1.23 bits per heavy atom. The lowest BCUT2D eigenvalue weighted by Crippen LogP contribution is -2.11. The first-order valence-corrected chi connectivity index (χ1v) is 7.91. The number of amides is 1. The Hall–Kier alpha value is -2.06. The van der Waals surface area contributed by atoms with Crippen LogP contribution in [0.5, 0.6) is 0 Å². The molecule has 8 heteroatoms. The van der Waals surface area contributed by atoms with Crippen molar-refractivity contribution in [1.82, 2.24) is 4.98 Å². The van der Waals surface area contributed by atoms with Gasteiger partial charge in [-0.2, -0.15) is 0 Å². The number of thiophene rings is 1. The molecule has 0 bridgehead atoms. The largest absolute Gasteiger partial charge is 0.354 e. The van der Waals surface area contributed by atoms with Gasteiger partial charge in [0.15, 0.2) is 5.13 Å². The molecule has 22 heavy (non-hydrogen) atoms. The molecule has 0 fully saturated rings. The smallest absolute Gasteiger partial charge is 0.265 e. The molecule has 3 aromatic rings. The summed E-state index contributed by atoms with van der Waals surface area (Å²) in [5.74, 6) is -1.93. The Balaban J connectivity index is 1.84. The number of anilines is 2. The molecule has 4 nitrogen and oxygen atoms in total. The molecule has 3 rings (SSSR count). The van der Waals surface area contributed by atoms with E-state index < -0.39 is 17.5 Å². The molecule has 2 aromatic heterocycles. The molecule has 0 aliphatic carbocycles. The molecule has 0 saturated carbocycles. The van der Waals surface area contributed by atoms with Gasteiger partial charge in [-0.15, -0.1) is 11.3 Å². The quantitative estimate of drug-likeness (QED) is 0.786. The van der Waals surface area contributed by atoms with Gasteiger partial charge in [-0.3, -0.25) is 4.79 Å². The van der Waals surface area contributed by atoms with Crippen LogP contribution in [0.2, 0.25) is 0 Å². The zero-order chi connectivity index (χ0) is 15.9. The first-order chi connectivity index (χ1) is 10.4. The van der Waals surface area contributed by atoms with E-state index in [1.54, 1.807) is 6.07 Å². The van der Waals surface area contributed by atoms with E-state index in [2.05, 4.69) is 10.3 Å². The predicted octanol–water partition coefficient (Wildman–Crippen LogP) is 3.95. The summed E-state index contributed by atoms with van der Waals surface area (Å²) >= 11 is 2.71. The second-order valence-corrected chi connectivity index (χ2v) is 6.79. The Morgan fingerprint density at radius 2 is 2.00 bits per heavy atom. The van der Waals surface area contributed by atoms with E-state index in [9.17, 15) is 13.6 Å². The van der Waals surface area contributed by atoms with Gasteiger partial charge in [0.2, 0.25) is 0 Å². The first-order valence-electron chi connectivity index (χ1n) is 6.28. The van der Waals surface area contributed by atoms with Gasteiger partial charge in [-0.1, -0.05) is 11.3 Å². The number of carbonyl (C=O) groups is 1. The van der Waals surface area contributed by atoms with Gasteiger partial charge in [0.05, 0.1) is 15.3 Å². The summed E-state index contributed by atoms with van der Waals surface area (Å²) in [5.41, 5.74) is -0.0508. The lowest BCUT2D eigenvalue weighted by molar-refractivity contribution is 0.103. The Labute approximate surface area is 133 Å². The van der Waals surface area contributed by atoms with Gasteiger partial charge in [-0.25, -0.2) is 13.8 Å². The van der Waals surface area contributed by atoms with Gasteiger partial charge in [0.25, 0.3) is 5.91 Å². The van der Waals surface area contributed by atoms with Crippen molar-refractivity contribution >= 4 is 48.9 Å². The summed E-state index contributed by atoms with van der Waals surface area (Å²) in [4.78, 5) is 19.6. The van der Waals surface area contributed by atoms with Crippen molar-refractivity contribution in [3.63, 3.8) is 0 Å². The van der Waals surface area contributed by atoms with Crippen LogP contribution in [0, 0.1) is 11.6 Å². The van der Waals surface area contributed by atoms with Crippen molar-refractivity contribution < 1.29 is 13.6 Å². The molecule has 0 spiro atoms. The third-order valence-corrected chi connectivity index (χ3v) is 5.19. The van der Waals surface area contributed by atoms with Gasteiger partial charge in [0, 0.05) is 20.2 Å². The van der Waals surface area contributed by atoms with Crippen molar-refractivity contribution in [3.05, 3.63) is 40.8 Å². The molecule has 0 unspecified atom stereocenters. The maximum atomic E-state index is 13.5. The fourth-order valence-electron chi connectivity index (χ4n) is 1.80. The third kappa shape index (κ3) is 2.79. The molecule has 1 amide bonds. The van der Waals surface area contributed by atoms with Gasteiger partial charge < -0.3 is 10.2 Å². The van der Waals surface area contributed by atoms with Crippen LogP contribution in [-0.2, 0) is 0 Å². The van der Waals surface area contributed by atoms with Crippen LogP contribution < -0.4 is 10.2 Å². The maximum Gasteiger partial charge on any atom is 0.265 e. The second kappa shape index (κ2) is 5.62. The average molecular weight is 339 g/mol. The van der Waals surface area contributed by atoms with Crippen molar-refractivity contribution in [2.24, 2.45) is 0 Å². The number of nitrogens with zero attached hydrogens (tertiary/aromatic N) is 2. The van der Waals surface area contributed by atoms with Crippen molar-refractivity contribution in [2.45, 2.75) is 0 Å². The van der Waals surface area contributed by atoms with Gasteiger partial charge in [0.1, 0.15) is 16.5 Å². The van der Waals surface area contributed by atoms with E-state index >= 15 is 0 Å². The summed E-state index contributed by atoms with van der Waals surface area (Å²) in [6.07, 6.45) is 0. The van der Waals surface area contributed by atoms with Gasteiger partial charge >= 0.3 is 0 Å². The monoisotopic (exact) mass is 339 g/mol. The van der Waals surface area contributed by atoms with Crippen molar-refractivity contribution in [2.75, 3.05) is 24.3 Å². The lowest BCUT2D eigenvalue weighted by atomic mass is 10.3. The summed E-state index contributed by atoms with van der Waals surface area (Å²) < 4.78 is 27.3. The molecule has 1 aromatic carbocycles. The molecule has 0 radical (unpaired) electrons. The molecular weight excluding hydrogens is 328 g/mol. The number of halogens is 2. The standard InChI is InChI=1S/C14H11F2N3OS2/c1-19(2)14-18-13-11(22-14)6-10(21-13)12(20)17-9-4-3-7(15)5-8(9)16/h3-6H,1-2H3,(H,17,20). The molecule has 0 aliphatic rings. The van der Waals surface area contributed by atoms with Crippen LogP contribution in [0.25, 0.3) is 9.53 Å². The average Bonchev–Trinajstić information content (AvgIpc) is 3.00. The number of fused-ring (bicyclic) bond motifs is 1. The number of hydrogen-bond acceptors (Lipinski definition) is 5.